The van der Waals surface area contributed by atoms with E-state index >= 15 is 0 Å². The second-order valence-electron chi connectivity index (χ2n) is 4.44. The third-order valence-corrected chi connectivity index (χ3v) is 2.98. The number of aromatic nitrogens is 1. The predicted octanol–water partition coefficient (Wildman–Crippen LogP) is 0.954. The minimum Gasteiger partial charge on any atom is -0.351 e. The molecule has 1 aromatic heterocycles. The summed E-state index contributed by atoms with van der Waals surface area (Å²) in [5.41, 5.74) is 1.35. The molecular formula is C13H17N3O2. The zero-order valence-corrected chi connectivity index (χ0v) is 10.5. The predicted molar refractivity (Wildman–Crippen MR) is 66.9 cm³/mol. The van der Waals surface area contributed by atoms with Crippen molar-refractivity contribution in [3.63, 3.8) is 0 Å². The minimum absolute atomic E-state index is 0.0546. The van der Waals surface area contributed by atoms with Crippen LogP contribution in [0.2, 0.25) is 0 Å². The van der Waals surface area contributed by atoms with Crippen LogP contribution in [-0.4, -0.2) is 34.8 Å². The molecule has 1 aliphatic rings. The van der Waals surface area contributed by atoms with Gasteiger partial charge in [0, 0.05) is 31.8 Å². The van der Waals surface area contributed by atoms with E-state index in [1.807, 2.05) is 4.90 Å². The van der Waals surface area contributed by atoms with Crippen molar-refractivity contribution in [3.8, 4) is 0 Å². The molecule has 2 heterocycles. The van der Waals surface area contributed by atoms with Crippen LogP contribution < -0.4 is 5.32 Å². The zero-order valence-electron chi connectivity index (χ0n) is 10.5. The van der Waals surface area contributed by atoms with Gasteiger partial charge in [-0.1, -0.05) is 0 Å². The van der Waals surface area contributed by atoms with Crippen LogP contribution in [0, 0.1) is 0 Å². The Kier molecular flexibility index (Phi) is 3.92. The average Bonchev–Trinajstić information content (AvgIpc) is 2.89. The Labute approximate surface area is 106 Å². The van der Waals surface area contributed by atoms with Crippen LogP contribution in [0.3, 0.4) is 0 Å². The molecule has 18 heavy (non-hydrogen) atoms. The average molecular weight is 247 g/mol. The second-order valence-corrected chi connectivity index (χ2v) is 4.44. The highest BCUT2D eigenvalue weighted by molar-refractivity contribution is 5.94. The van der Waals surface area contributed by atoms with Crippen LogP contribution in [0.25, 0.3) is 0 Å². The standard InChI is InChI=1S/C13H17N3O2/c1-10(17)15-9-12-8-11(4-5-14-12)13(18)16-6-2-3-7-16/h4-5,8H,2-3,6-7,9H2,1H3,(H,15,17). The molecule has 0 saturated carbocycles. The molecule has 2 amide bonds. The first-order valence-corrected chi connectivity index (χ1v) is 6.15. The smallest absolute Gasteiger partial charge is 0.253 e. The van der Waals surface area contributed by atoms with Gasteiger partial charge in [-0.05, 0) is 25.0 Å². The highest BCUT2D eigenvalue weighted by Gasteiger charge is 2.19. The van der Waals surface area contributed by atoms with E-state index in [4.69, 9.17) is 0 Å². The van der Waals surface area contributed by atoms with E-state index in [9.17, 15) is 9.59 Å². The van der Waals surface area contributed by atoms with Crippen LogP contribution >= 0.6 is 0 Å². The molecule has 0 aliphatic carbocycles. The number of pyridine rings is 1. The Hall–Kier alpha value is -1.91. The topological polar surface area (TPSA) is 62.3 Å². The summed E-state index contributed by atoms with van der Waals surface area (Å²) >= 11 is 0. The molecule has 0 atom stereocenters. The molecule has 96 valence electrons. The van der Waals surface area contributed by atoms with Gasteiger partial charge in [-0.3, -0.25) is 14.6 Å². The van der Waals surface area contributed by atoms with Crippen LogP contribution in [0.15, 0.2) is 18.3 Å². The molecule has 5 heteroatoms. The number of carbonyl (C=O) groups is 2. The molecule has 1 aromatic rings. The van der Waals surface area contributed by atoms with Crippen molar-refractivity contribution in [1.82, 2.24) is 15.2 Å². The number of amides is 2. The highest BCUT2D eigenvalue weighted by atomic mass is 16.2. The van der Waals surface area contributed by atoms with Gasteiger partial charge in [-0.25, -0.2) is 0 Å². The summed E-state index contributed by atoms with van der Waals surface area (Å²) in [6, 6.07) is 3.47. The molecule has 0 unspecified atom stereocenters. The summed E-state index contributed by atoms with van der Waals surface area (Å²) in [7, 11) is 0. The van der Waals surface area contributed by atoms with Gasteiger partial charge in [-0.15, -0.1) is 0 Å². The van der Waals surface area contributed by atoms with Gasteiger partial charge in [-0.2, -0.15) is 0 Å². The number of likely N-dealkylation sites (tertiary alicyclic amines) is 1. The maximum atomic E-state index is 12.1. The van der Waals surface area contributed by atoms with Gasteiger partial charge in [0.1, 0.15) is 0 Å². The Morgan fingerprint density at radius 3 is 2.78 bits per heavy atom. The lowest BCUT2D eigenvalue weighted by molar-refractivity contribution is -0.119. The number of carbonyl (C=O) groups excluding carboxylic acids is 2. The van der Waals surface area contributed by atoms with E-state index < -0.39 is 0 Å². The van der Waals surface area contributed by atoms with Gasteiger partial charge in [0.2, 0.25) is 5.91 Å². The normalized spacial score (nSPS) is 14.6. The van der Waals surface area contributed by atoms with E-state index in [1.165, 1.54) is 6.92 Å². The van der Waals surface area contributed by atoms with Crippen molar-refractivity contribution in [2.45, 2.75) is 26.3 Å². The maximum Gasteiger partial charge on any atom is 0.253 e. The summed E-state index contributed by atoms with van der Waals surface area (Å²) in [5.74, 6) is -0.0490. The molecule has 1 aliphatic heterocycles. The molecule has 1 fully saturated rings. The lowest BCUT2D eigenvalue weighted by atomic mass is 10.2. The van der Waals surface area contributed by atoms with Gasteiger partial charge in [0.25, 0.3) is 5.91 Å². The van der Waals surface area contributed by atoms with Crippen LogP contribution in [-0.2, 0) is 11.3 Å². The molecule has 0 radical (unpaired) electrons. The summed E-state index contributed by atoms with van der Waals surface area (Å²) in [6.07, 6.45) is 3.77. The molecule has 0 spiro atoms. The monoisotopic (exact) mass is 247 g/mol. The summed E-state index contributed by atoms with van der Waals surface area (Å²) < 4.78 is 0. The second kappa shape index (κ2) is 5.62. The summed E-state index contributed by atoms with van der Waals surface area (Å²) in [5, 5.41) is 2.67. The first-order chi connectivity index (χ1) is 8.66. The molecular weight excluding hydrogens is 230 g/mol. The first kappa shape index (κ1) is 12.5. The molecule has 2 rings (SSSR count). The zero-order chi connectivity index (χ0) is 13.0. The number of nitrogens with one attached hydrogen (secondary N) is 1. The lowest BCUT2D eigenvalue weighted by Crippen LogP contribution is -2.28. The van der Waals surface area contributed by atoms with Crippen molar-refractivity contribution in [2.24, 2.45) is 0 Å². The fourth-order valence-electron chi connectivity index (χ4n) is 2.03. The van der Waals surface area contributed by atoms with E-state index in [1.54, 1.807) is 18.3 Å². The number of hydrogen-bond donors (Lipinski definition) is 1. The quantitative estimate of drug-likeness (QED) is 0.865. The highest BCUT2D eigenvalue weighted by Crippen LogP contribution is 2.13. The fraction of sp³-hybridized carbons (Fsp3) is 0.462. The Morgan fingerprint density at radius 1 is 1.39 bits per heavy atom. The van der Waals surface area contributed by atoms with Gasteiger partial charge < -0.3 is 10.2 Å². The van der Waals surface area contributed by atoms with Crippen LogP contribution in [0.5, 0.6) is 0 Å². The van der Waals surface area contributed by atoms with Gasteiger partial charge >= 0.3 is 0 Å². The number of rotatable bonds is 3. The van der Waals surface area contributed by atoms with Crippen molar-refractivity contribution < 1.29 is 9.59 Å². The summed E-state index contributed by atoms with van der Waals surface area (Å²) in [6.45, 7) is 3.49. The van der Waals surface area contributed by atoms with Crippen LogP contribution in [0.1, 0.15) is 35.8 Å². The molecule has 1 N–H and O–H groups in total. The summed E-state index contributed by atoms with van der Waals surface area (Å²) in [4.78, 5) is 29.0. The van der Waals surface area contributed by atoms with Crippen molar-refractivity contribution in [1.29, 1.82) is 0 Å². The van der Waals surface area contributed by atoms with Crippen molar-refractivity contribution in [2.75, 3.05) is 13.1 Å². The van der Waals surface area contributed by atoms with Gasteiger partial charge in [0.05, 0.1) is 12.2 Å². The molecule has 1 saturated heterocycles. The van der Waals surface area contributed by atoms with Crippen LogP contribution in [0.4, 0.5) is 0 Å². The van der Waals surface area contributed by atoms with E-state index in [-0.39, 0.29) is 11.8 Å². The fourth-order valence-corrected chi connectivity index (χ4v) is 2.03. The first-order valence-electron chi connectivity index (χ1n) is 6.15. The van der Waals surface area contributed by atoms with E-state index in [0.29, 0.717) is 17.8 Å². The molecule has 5 nitrogen and oxygen atoms in total. The number of hydrogen-bond acceptors (Lipinski definition) is 3. The largest absolute Gasteiger partial charge is 0.351 e. The third kappa shape index (κ3) is 3.06. The molecule has 0 bridgehead atoms. The Balaban J connectivity index is 2.06. The third-order valence-electron chi connectivity index (χ3n) is 2.98. The minimum atomic E-state index is -0.104. The van der Waals surface area contributed by atoms with Crippen molar-refractivity contribution in [3.05, 3.63) is 29.6 Å². The number of nitrogens with zero attached hydrogens (tertiary/aromatic N) is 2. The maximum absolute atomic E-state index is 12.1. The Morgan fingerprint density at radius 2 is 2.11 bits per heavy atom. The van der Waals surface area contributed by atoms with E-state index in [2.05, 4.69) is 10.3 Å². The van der Waals surface area contributed by atoms with Gasteiger partial charge in [0.15, 0.2) is 0 Å². The SMILES string of the molecule is CC(=O)NCc1cc(C(=O)N2CCCC2)ccn1. The molecule has 0 aromatic carbocycles. The van der Waals surface area contributed by atoms with Crippen molar-refractivity contribution >= 4 is 11.8 Å². The van der Waals surface area contributed by atoms with E-state index in [0.717, 1.165) is 25.9 Å². The lowest BCUT2D eigenvalue weighted by Gasteiger charge is -2.15. The Bertz CT molecular complexity index is 453.